The van der Waals surface area contributed by atoms with Gasteiger partial charge in [-0.3, -0.25) is 9.80 Å². The third-order valence-electron chi connectivity index (χ3n) is 4.66. The van der Waals surface area contributed by atoms with E-state index in [4.69, 9.17) is 21.1 Å². The highest BCUT2D eigenvalue weighted by Gasteiger charge is 2.19. The molecule has 2 aliphatic heterocycles. The van der Waals surface area contributed by atoms with Crippen molar-refractivity contribution < 1.29 is 9.47 Å². The fourth-order valence-electron chi connectivity index (χ4n) is 3.27. The van der Waals surface area contributed by atoms with Crippen LogP contribution in [0.4, 0.5) is 0 Å². The summed E-state index contributed by atoms with van der Waals surface area (Å²) in [5, 5.41) is 0.861. The molecule has 0 N–H and O–H groups in total. The molecule has 0 amide bonds. The summed E-state index contributed by atoms with van der Waals surface area (Å²) in [5.41, 5.74) is 2.49. The maximum atomic E-state index is 6.27. The Bertz CT molecular complexity index is 714. The van der Waals surface area contributed by atoms with E-state index in [-0.39, 0.29) is 0 Å². The van der Waals surface area contributed by atoms with Crippen LogP contribution in [0.15, 0.2) is 42.5 Å². The minimum atomic E-state index is 0.333. The van der Waals surface area contributed by atoms with Crippen LogP contribution in [0, 0.1) is 0 Å². The van der Waals surface area contributed by atoms with Crippen LogP contribution in [-0.2, 0) is 13.1 Å². The van der Waals surface area contributed by atoms with Crippen molar-refractivity contribution in [3.8, 4) is 11.5 Å². The molecular weight excluding hydrogens is 324 g/mol. The fraction of sp³-hybridized carbons (Fsp3) is 0.368. The topological polar surface area (TPSA) is 24.9 Å². The third-order valence-corrected chi connectivity index (χ3v) is 5.03. The SMILES string of the molecule is Clc1ccccc1CN1CCN(Cc2ccc3c(c2)OCO3)CC1. The van der Waals surface area contributed by atoms with E-state index < -0.39 is 0 Å². The van der Waals surface area contributed by atoms with E-state index in [1.165, 1.54) is 11.1 Å². The number of piperazine rings is 1. The minimum Gasteiger partial charge on any atom is -0.454 e. The van der Waals surface area contributed by atoms with Crippen molar-refractivity contribution in [2.75, 3.05) is 33.0 Å². The van der Waals surface area contributed by atoms with Crippen LogP contribution in [-0.4, -0.2) is 42.8 Å². The van der Waals surface area contributed by atoms with Crippen molar-refractivity contribution >= 4 is 11.6 Å². The third kappa shape index (κ3) is 3.51. The maximum absolute atomic E-state index is 6.27. The Labute approximate surface area is 147 Å². The van der Waals surface area contributed by atoms with E-state index in [1.54, 1.807) is 0 Å². The molecular formula is C19H21ClN2O2. The lowest BCUT2D eigenvalue weighted by molar-refractivity contribution is 0.122. The number of rotatable bonds is 4. The first kappa shape index (κ1) is 15.8. The lowest BCUT2D eigenvalue weighted by Crippen LogP contribution is -2.45. The summed E-state index contributed by atoms with van der Waals surface area (Å²) in [6.45, 7) is 6.48. The highest BCUT2D eigenvalue weighted by atomic mass is 35.5. The lowest BCUT2D eigenvalue weighted by Gasteiger charge is -2.34. The van der Waals surface area contributed by atoms with Gasteiger partial charge in [0.25, 0.3) is 0 Å². The first-order valence-corrected chi connectivity index (χ1v) is 8.72. The first-order valence-electron chi connectivity index (χ1n) is 8.34. The first-order chi connectivity index (χ1) is 11.8. The van der Waals surface area contributed by atoms with Gasteiger partial charge < -0.3 is 9.47 Å². The molecule has 126 valence electrons. The fourth-order valence-corrected chi connectivity index (χ4v) is 3.47. The highest BCUT2D eigenvalue weighted by Crippen LogP contribution is 2.32. The molecule has 24 heavy (non-hydrogen) atoms. The van der Waals surface area contributed by atoms with Gasteiger partial charge in [-0.05, 0) is 29.3 Å². The molecule has 1 saturated heterocycles. The summed E-state index contributed by atoms with van der Waals surface area (Å²) in [6, 6.07) is 14.3. The van der Waals surface area contributed by atoms with Gasteiger partial charge in [0.1, 0.15) is 0 Å². The summed E-state index contributed by atoms with van der Waals surface area (Å²) in [7, 11) is 0. The van der Waals surface area contributed by atoms with Crippen LogP contribution in [0.1, 0.15) is 11.1 Å². The Hall–Kier alpha value is -1.75. The average molecular weight is 345 g/mol. The second-order valence-corrected chi connectivity index (χ2v) is 6.74. The summed E-state index contributed by atoms with van der Waals surface area (Å²) in [6.07, 6.45) is 0. The molecule has 0 aromatic heterocycles. The molecule has 0 saturated carbocycles. The molecule has 2 aliphatic rings. The number of fused-ring (bicyclic) bond motifs is 1. The van der Waals surface area contributed by atoms with Gasteiger partial charge in [-0.1, -0.05) is 35.9 Å². The van der Waals surface area contributed by atoms with Gasteiger partial charge in [0.15, 0.2) is 11.5 Å². The van der Waals surface area contributed by atoms with Gasteiger partial charge in [0.05, 0.1) is 0 Å². The Kier molecular flexibility index (Phi) is 4.60. The van der Waals surface area contributed by atoms with Crippen LogP contribution >= 0.6 is 11.6 Å². The number of nitrogens with zero attached hydrogens (tertiary/aromatic N) is 2. The molecule has 2 aromatic rings. The van der Waals surface area contributed by atoms with Crippen molar-refractivity contribution in [1.82, 2.24) is 9.80 Å². The summed E-state index contributed by atoms with van der Waals surface area (Å²) < 4.78 is 10.8. The number of hydrogen-bond acceptors (Lipinski definition) is 4. The predicted molar refractivity (Wildman–Crippen MR) is 94.6 cm³/mol. The molecule has 0 bridgehead atoms. The molecule has 2 aromatic carbocycles. The van der Waals surface area contributed by atoms with Gasteiger partial charge in [0, 0.05) is 44.3 Å². The normalized spacial score (nSPS) is 18.0. The molecule has 5 heteroatoms. The predicted octanol–water partition coefficient (Wildman–Crippen LogP) is 3.39. The Morgan fingerprint density at radius 2 is 1.54 bits per heavy atom. The summed E-state index contributed by atoms with van der Waals surface area (Å²) in [5.74, 6) is 1.72. The quantitative estimate of drug-likeness (QED) is 0.849. The largest absolute Gasteiger partial charge is 0.454 e. The van der Waals surface area contributed by atoms with Gasteiger partial charge in [-0.15, -0.1) is 0 Å². The molecule has 0 atom stereocenters. The van der Waals surface area contributed by atoms with Gasteiger partial charge >= 0.3 is 0 Å². The van der Waals surface area contributed by atoms with Gasteiger partial charge in [-0.25, -0.2) is 0 Å². The molecule has 0 radical (unpaired) electrons. The average Bonchev–Trinajstić information content (AvgIpc) is 3.06. The summed E-state index contributed by atoms with van der Waals surface area (Å²) in [4.78, 5) is 4.96. The Balaban J connectivity index is 1.31. The van der Waals surface area contributed by atoms with Crippen molar-refractivity contribution in [2.45, 2.75) is 13.1 Å². The minimum absolute atomic E-state index is 0.333. The van der Waals surface area contributed by atoms with Crippen LogP contribution in [0.3, 0.4) is 0 Å². The van der Waals surface area contributed by atoms with E-state index in [0.29, 0.717) is 6.79 Å². The second kappa shape index (κ2) is 7.01. The van der Waals surface area contributed by atoms with Crippen LogP contribution in [0.2, 0.25) is 5.02 Å². The van der Waals surface area contributed by atoms with Crippen LogP contribution in [0.5, 0.6) is 11.5 Å². The van der Waals surface area contributed by atoms with Gasteiger partial charge in [-0.2, -0.15) is 0 Å². The van der Waals surface area contributed by atoms with Crippen LogP contribution in [0.25, 0.3) is 0 Å². The molecule has 4 nitrogen and oxygen atoms in total. The Morgan fingerprint density at radius 3 is 2.33 bits per heavy atom. The highest BCUT2D eigenvalue weighted by molar-refractivity contribution is 6.31. The van der Waals surface area contributed by atoms with Crippen LogP contribution < -0.4 is 9.47 Å². The zero-order chi connectivity index (χ0) is 16.4. The number of benzene rings is 2. The van der Waals surface area contributed by atoms with Crippen molar-refractivity contribution in [3.63, 3.8) is 0 Å². The molecule has 4 rings (SSSR count). The Morgan fingerprint density at radius 1 is 0.833 bits per heavy atom. The van der Waals surface area contributed by atoms with E-state index in [1.807, 2.05) is 18.2 Å². The van der Waals surface area contributed by atoms with E-state index in [2.05, 4.69) is 34.1 Å². The molecule has 0 unspecified atom stereocenters. The summed E-state index contributed by atoms with van der Waals surface area (Å²) >= 11 is 6.27. The van der Waals surface area contributed by atoms with Gasteiger partial charge in [0.2, 0.25) is 6.79 Å². The molecule has 1 fully saturated rings. The standard InChI is InChI=1S/C19H21ClN2O2/c20-17-4-2-1-3-16(17)13-22-9-7-21(8-10-22)12-15-5-6-18-19(11-15)24-14-23-18/h1-6,11H,7-10,12-14H2. The number of ether oxygens (including phenoxy) is 2. The zero-order valence-electron chi connectivity index (χ0n) is 13.6. The smallest absolute Gasteiger partial charge is 0.231 e. The van der Waals surface area contributed by atoms with Crippen molar-refractivity contribution in [3.05, 3.63) is 58.6 Å². The number of hydrogen-bond donors (Lipinski definition) is 0. The van der Waals surface area contributed by atoms with Crippen molar-refractivity contribution in [2.24, 2.45) is 0 Å². The zero-order valence-corrected chi connectivity index (χ0v) is 14.3. The molecule has 0 spiro atoms. The van der Waals surface area contributed by atoms with Crippen molar-refractivity contribution in [1.29, 1.82) is 0 Å². The monoisotopic (exact) mass is 344 g/mol. The maximum Gasteiger partial charge on any atom is 0.231 e. The second-order valence-electron chi connectivity index (χ2n) is 6.33. The molecule has 2 heterocycles. The lowest BCUT2D eigenvalue weighted by atomic mass is 10.1. The van der Waals surface area contributed by atoms with E-state index in [0.717, 1.165) is 55.8 Å². The molecule has 0 aliphatic carbocycles. The number of halogens is 1. The van der Waals surface area contributed by atoms with E-state index in [9.17, 15) is 0 Å². The van der Waals surface area contributed by atoms with E-state index >= 15 is 0 Å².